The summed E-state index contributed by atoms with van der Waals surface area (Å²) >= 11 is 0. The Morgan fingerprint density at radius 3 is 2.47 bits per heavy atom. The summed E-state index contributed by atoms with van der Waals surface area (Å²) in [5.41, 5.74) is 5.50. The summed E-state index contributed by atoms with van der Waals surface area (Å²) in [4.78, 5) is 9.83. The molecule has 0 aromatic carbocycles. The van der Waals surface area contributed by atoms with E-state index in [4.69, 9.17) is 5.73 Å². The molecule has 5 heteroatoms. The van der Waals surface area contributed by atoms with Gasteiger partial charge < -0.3 is 10.6 Å². The molecule has 2 N–H and O–H groups in total. The normalized spacial score (nSPS) is 10.7. The highest BCUT2D eigenvalue weighted by molar-refractivity contribution is 5.28. The quantitative estimate of drug-likeness (QED) is 0.792. The van der Waals surface area contributed by atoms with Gasteiger partial charge in [-0.05, 0) is 5.92 Å². The van der Waals surface area contributed by atoms with E-state index < -0.39 is 5.82 Å². The van der Waals surface area contributed by atoms with Crippen LogP contribution in [0.25, 0.3) is 0 Å². The number of nitrogens with zero attached hydrogens (tertiary/aromatic N) is 3. The molecule has 0 unspecified atom stereocenters. The fourth-order valence-corrected chi connectivity index (χ4v) is 1.34. The summed E-state index contributed by atoms with van der Waals surface area (Å²) < 4.78 is 12.6. The van der Waals surface area contributed by atoms with Crippen LogP contribution in [0, 0.1) is 11.7 Å². The van der Waals surface area contributed by atoms with E-state index in [0.29, 0.717) is 25.0 Å². The van der Waals surface area contributed by atoms with Gasteiger partial charge in [-0.3, -0.25) is 0 Å². The van der Waals surface area contributed by atoms with Gasteiger partial charge in [-0.2, -0.15) is 0 Å². The van der Waals surface area contributed by atoms with Crippen molar-refractivity contribution in [3.63, 3.8) is 0 Å². The summed E-state index contributed by atoms with van der Waals surface area (Å²) in [5, 5.41) is 0. The van der Waals surface area contributed by atoms with Crippen molar-refractivity contribution < 1.29 is 4.39 Å². The molecule has 4 nitrogen and oxygen atoms in total. The van der Waals surface area contributed by atoms with Gasteiger partial charge in [-0.1, -0.05) is 13.8 Å². The third-order valence-corrected chi connectivity index (χ3v) is 1.87. The number of nitrogens with two attached hydrogens (primary N) is 1. The summed E-state index contributed by atoms with van der Waals surface area (Å²) in [6.45, 7) is 6.25. The molecule has 0 atom stereocenters. The first-order valence-electron chi connectivity index (χ1n) is 5.06. The van der Waals surface area contributed by atoms with Crippen LogP contribution in [0.15, 0.2) is 12.4 Å². The lowest BCUT2D eigenvalue weighted by molar-refractivity contribution is 0.589. The van der Waals surface area contributed by atoms with Gasteiger partial charge in [0.15, 0.2) is 5.82 Å². The molecule has 0 aliphatic heterocycles. The largest absolute Gasteiger partial charge is 0.339 e. The molecule has 0 aliphatic rings. The van der Waals surface area contributed by atoms with Gasteiger partial charge in [0.05, 0.1) is 12.4 Å². The molecule has 0 radical (unpaired) electrons. The molecular weight excluding hydrogens is 195 g/mol. The highest BCUT2D eigenvalue weighted by Crippen LogP contribution is 2.08. The fourth-order valence-electron chi connectivity index (χ4n) is 1.34. The van der Waals surface area contributed by atoms with Gasteiger partial charge in [-0.15, -0.1) is 0 Å². The van der Waals surface area contributed by atoms with E-state index in [1.165, 1.54) is 12.4 Å². The molecule has 0 saturated heterocycles. The van der Waals surface area contributed by atoms with Crippen LogP contribution in [-0.2, 0) is 0 Å². The van der Waals surface area contributed by atoms with Crippen LogP contribution >= 0.6 is 0 Å². The Bertz CT molecular complexity index is 286. The first-order chi connectivity index (χ1) is 7.13. The molecule has 0 fully saturated rings. The number of aromatic nitrogens is 2. The van der Waals surface area contributed by atoms with Crippen molar-refractivity contribution in [1.82, 2.24) is 9.97 Å². The van der Waals surface area contributed by atoms with Gasteiger partial charge >= 0.3 is 0 Å². The second-order valence-corrected chi connectivity index (χ2v) is 3.83. The average Bonchev–Trinajstić information content (AvgIpc) is 2.17. The lowest BCUT2D eigenvalue weighted by atomic mass is 10.2. The van der Waals surface area contributed by atoms with E-state index in [9.17, 15) is 4.39 Å². The Morgan fingerprint density at radius 2 is 2.00 bits per heavy atom. The molecule has 1 heterocycles. The van der Waals surface area contributed by atoms with Gasteiger partial charge in [0.25, 0.3) is 0 Å². The second-order valence-electron chi connectivity index (χ2n) is 3.83. The van der Waals surface area contributed by atoms with Crippen molar-refractivity contribution in [3.8, 4) is 0 Å². The summed E-state index contributed by atoms with van der Waals surface area (Å²) in [6, 6.07) is 0. The summed E-state index contributed by atoms with van der Waals surface area (Å²) in [5.74, 6) is 0.608. The van der Waals surface area contributed by atoms with Crippen LogP contribution in [0.5, 0.6) is 0 Å². The first kappa shape index (κ1) is 11.8. The Hall–Kier alpha value is -1.23. The minimum absolute atomic E-state index is 0.420. The van der Waals surface area contributed by atoms with E-state index in [1.807, 2.05) is 4.90 Å². The zero-order chi connectivity index (χ0) is 11.3. The zero-order valence-corrected chi connectivity index (χ0v) is 9.15. The number of rotatable bonds is 5. The van der Waals surface area contributed by atoms with Crippen molar-refractivity contribution in [2.24, 2.45) is 11.7 Å². The maximum Gasteiger partial charge on any atom is 0.225 e. The van der Waals surface area contributed by atoms with E-state index >= 15 is 0 Å². The number of hydrogen-bond acceptors (Lipinski definition) is 4. The number of hydrogen-bond donors (Lipinski definition) is 1. The molecule has 0 amide bonds. The minimum atomic E-state index is -0.420. The van der Waals surface area contributed by atoms with Crippen molar-refractivity contribution in [1.29, 1.82) is 0 Å². The molecule has 1 aromatic heterocycles. The van der Waals surface area contributed by atoms with Crippen molar-refractivity contribution in [2.45, 2.75) is 13.8 Å². The highest BCUT2D eigenvalue weighted by atomic mass is 19.1. The molecule has 0 spiro atoms. The highest BCUT2D eigenvalue weighted by Gasteiger charge is 2.10. The SMILES string of the molecule is CC(C)CN(CCN)c1ncc(F)cn1. The fraction of sp³-hybridized carbons (Fsp3) is 0.600. The van der Waals surface area contributed by atoms with Crippen molar-refractivity contribution in [2.75, 3.05) is 24.5 Å². The van der Waals surface area contributed by atoms with Gasteiger partial charge in [0.1, 0.15) is 0 Å². The third-order valence-electron chi connectivity index (χ3n) is 1.87. The molecule has 1 rings (SSSR count). The standard InChI is InChI=1S/C10H17FN4/c1-8(2)7-15(4-3-12)10-13-5-9(11)6-14-10/h5-6,8H,3-4,7,12H2,1-2H3. The molecule has 0 bridgehead atoms. The Kier molecular flexibility index (Phi) is 4.42. The van der Waals surface area contributed by atoms with Crippen LogP contribution in [0.4, 0.5) is 10.3 Å². The van der Waals surface area contributed by atoms with E-state index in [1.54, 1.807) is 0 Å². The van der Waals surface area contributed by atoms with Crippen LogP contribution in [-0.4, -0.2) is 29.6 Å². The molecule has 0 saturated carbocycles. The number of anilines is 1. The van der Waals surface area contributed by atoms with E-state index in [0.717, 1.165) is 6.54 Å². The van der Waals surface area contributed by atoms with Crippen LogP contribution in [0.1, 0.15) is 13.8 Å². The van der Waals surface area contributed by atoms with E-state index in [-0.39, 0.29) is 0 Å². The van der Waals surface area contributed by atoms with Crippen molar-refractivity contribution in [3.05, 3.63) is 18.2 Å². The Labute approximate surface area is 89.3 Å². The maximum absolute atomic E-state index is 12.6. The summed E-state index contributed by atoms with van der Waals surface area (Å²) in [7, 11) is 0. The second kappa shape index (κ2) is 5.60. The predicted molar refractivity (Wildman–Crippen MR) is 58.1 cm³/mol. The van der Waals surface area contributed by atoms with Gasteiger partial charge in [-0.25, -0.2) is 14.4 Å². The monoisotopic (exact) mass is 212 g/mol. The van der Waals surface area contributed by atoms with Crippen molar-refractivity contribution >= 4 is 5.95 Å². The first-order valence-corrected chi connectivity index (χ1v) is 5.06. The maximum atomic E-state index is 12.6. The molecular formula is C10H17FN4. The van der Waals surface area contributed by atoms with Gasteiger partial charge in [0.2, 0.25) is 5.95 Å². The molecule has 0 aliphatic carbocycles. The van der Waals surface area contributed by atoms with Crippen LogP contribution in [0.2, 0.25) is 0 Å². The van der Waals surface area contributed by atoms with Crippen LogP contribution < -0.4 is 10.6 Å². The predicted octanol–water partition coefficient (Wildman–Crippen LogP) is 1.04. The molecule has 15 heavy (non-hydrogen) atoms. The Morgan fingerprint density at radius 1 is 1.40 bits per heavy atom. The van der Waals surface area contributed by atoms with Crippen LogP contribution in [0.3, 0.4) is 0 Å². The smallest absolute Gasteiger partial charge is 0.225 e. The number of halogens is 1. The topological polar surface area (TPSA) is 55.0 Å². The molecule has 1 aromatic rings. The molecule has 84 valence electrons. The minimum Gasteiger partial charge on any atom is -0.339 e. The van der Waals surface area contributed by atoms with E-state index in [2.05, 4.69) is 23.8 Å². The van der Waals surface area contributed by atoms with Gasteiger partial charge in [0, 0.05) is 19.6 Å². The Balaban J connectivity index is 2.74. The lowest BCUT2D eigenvalue weighted by Crippen LogP contribution is -2.34. The third kappa shape index (κ3) is 3.79. The average molecular weight is 212 g/mol. The summed E-state index contributed by atoms with van der Waals surface area (Å²) in [6.07, 6.45) is 2.35. The lowest BCUT2D eigenvalue weighted by Gasteiger charge is -2.23. The zero-order valence-electron chi connectivity index (χ0n) is 9.15.